The van der Waals surface area contributed by atoms with Crippen LogP contribution in [0.5, 0.6) is 0 Å². The molecule has 0 aliphatic rings. The molecule has 0 aliphatic carbocycles. The summed E-state index contributed by atoms with van der Waals surface area (Å²) in [5, 5.41) is 0. The molecular weight excluding hydrogens is 268 g/mol. The number of rotatable bonds is 3. The Hall–Kier alpha value is -0.860. The predicted octanol–water partition coefficient (Wildman–Crippen LogP) is 6.66. The van der Waals surface area contributed by atoms with Crippen LogP contribution >= 0.6 is 22.7 Å². The molecule has 0 fully saturated rings. The van der Waals surface area contributed by atoms with Gasteiger partial charge in [0.1, 0.15) is 0 Å². The third kappa shape index (κ3) is 5.75. The van der Waals surface area contributed by atoms with Crippen molar-refractivity contribution in [3.8, 4) is 0 Å². The highest BCUT2D eigenvalue weighted by Gasteiger charge is 2.03. The molecule has 0 saturated carbocycles. The molecule has 104 valence electrons. The first-order valence-electron chi connectivity index (χ1n) is 6.82. The van der Waals surface area contributed by atoms with Gasteiger partial charge in [-0.05, 0) is 63.5 Å². The van der Waals surface area contributed by atoms with Crippen molar-refractivity contribution in [3.63, 3.8) is 0 Å². The maximum Gasteiger partial charge on any atom is 0.0269 e. The van der Waals surface area contributed by atoms with E-state index < -0.39 is 0 Å². The van der Waals surface area contributed by atoms with Gasteiger partial charge in [0.05, 0.1) is 0 Å². The smallest absolute Gasteiger partial charge is 0.0269 e. The topological polar surface area (TPSA) is 0 Å². The number of hydrogen-bond donors (Lipinski definition) is 0. The Morgan fingerprint density at radius 1 is 1.05 bits per heavy atom. The van der Waals surface area contributed by atoms with Gasteiger partial charge < -0.3 is 0 Å². The normalized spacial score (nSPS) is 12.3. The van der Waals surface area contributed by atoms with Crippen molar-refractivity contribution in [2.45, 2.75) is 47.0 Å². The molecular formula is C17H24S2. The van der Waals surface area contributed by atoms with E-state index in [9.17, 15) is 0 Å². The van der Waals surface area contributed by atoms with Gasteiger partial charge in [-0.15, -0.1) is 22.7 Å². The highest BCUT2D eigenvalue weighted by molar-refractivity contribution is 7.12. The van der Waals surface area contributed by atoms with Gasteiger partial charge in [-0.2, -0.15) is 0 Å². The number of thiophene rings is 2. The Bertz CT molecular complexity index is 503. The fourth-order valence-corrected chi connectivity index (χ4v) is 3.49. The number of aryl methyl sites for hydroxylation is 2. The fourth-order valence-electron chi connectivity index (χ4n) is 1.63. The molecule has 0 aromatic carbocycles. The highest BCUT2D eigenvalue weighted by Crippen LogP contribution is 2.25. The van der Waals surface area contributed by atoms with Crippen LogP contribution < -0.4 is 0 Å². The van der Waals surface area contributed by atoms with Crippen molar-refractivity contribution < 1.29 is 0 Å². The minimum absolute atomic E-state index is 0.749. The largest absolute Gasteiger partial charge is 0.145 e. The van der Waals surface area contributed by atoms with Gasteiger partial charge in [0, 0.05) is 19.5 Å². The van der Waals surface area contributed by atoms with Gasteiger partial charge in [0.15, 0.2) is 0 Å². The molecule has 19 heavy (non-hydrogen) atoms. The molecule has 2 aromatic heterocycles. The van der Waals surface area contributed by atoms with E-state index in [1.165, 1.54) is 25.9 Å². The number of allylic oxidation sites excluding steroid dienone is 1. The minimum Gasteiger partial charge on any atom is -0.145 e. The third-order valence-electron chi connectivity index (χ3n) is 2.95. The van der Waals surface area contributed by atoms with E-state index in [-0.39, 0.29) is 0 Å². The summed E-state index contributed by atoms with van der Waals surface area (Å²) in [7, 11) is 0. The maximum atomic E-state index is 2.28. The third-order valence-corrected chi connectivity index (χ3v) is 5.15. The van der Waals surface area contributed by atoms with E-state index in [1.54, 1.807) is 0 Å². The van der Waals surface area contributed by atoms with Gasteiger partial charge in [0.25, 0.3) is 0 Å². The monoisotopic (exact) mass is 292 g/mol. The van der Waals surface area contributed by atoms with Crippen molar-refractivity contribution in [2.24, 2.45) is 0 Å². The van der Waals surface area contributed by atoms with Crippen molar-refractivity contribution in [2.75, 3.05) is 0 Å². The Morgan fingerprint density at radius 2 is 1.68 bits per heavy atom. The van der Waals surface area contributed by atoms with Gasteiger partial charge in [-0.25, -0.2) is 0 Å². The molecule has 0 bridgehead atoms. The van der Waals surface area contributed by atoms with Gasteiger partial charge >= 0.3 is 0 Å². The summed E-state index contributed by atoms with van der Waals surface area (Å²) >= 11 is 3.75. The first-order valence-corrected chi connectivity index (χ1v) is 8.45. The van der Waals surface area contributed by atoms with Crippen LogP contribution in [0.25, 0.3) is 6.08 Å². The van der Waals surface area contributed by atoms with Crippen molar-refractivity contribution in [3.05, 3.63) is 49.9 Å². The van der Waals surface area contributed by atoms with Crippen LogP contribution in [-0.2, 0) is 0 Å². The zero-order valence-electron chi connectivity index (χ0n) is 12.6. The van der Waals surface area contributed by atoms with Gasteiger partial charge in [-0.3, -0.25) is 0 Å². The fraction of sp³-hybridized carbons (Fsp3) is 0.412. The summed E-state index contributed by atoms with van der Waals surface area (Å²) in [5.74, 6) is 0.749. The van der Waals surface area contributed by atoms with Crippen molar-refractivity contribution >= 4 is 28.7 Å². The van der Waals surface area contributed by atoms with Crippen LogP contribution in [0.1, 0.15) is 52.6 Å². The van der Waals surface area contributed by atoms with Gasteiger partial charge in [0.2, 0.25) is 0 Å². The zero-order chi connectivity index (χ0) is 14.3. The molecule has 0 N–H and O–H groups in total. The molecule has 2 heterocycles. The Morgan fingerprint density at radius 3 is 2.11 bits per heavy atom. The van der Waals surface area contributed by atoms with E-state index in [4.69, 9.17) is 0 Å². The number of hydrogen-bond acceptors (Lipinski definition) is 2. The van der Waals surface area contributed by atoms with Gasteiger partial charge in [-0.1, -0.05) is 19.9 Å². The Labute approximate surface area is 125 Å². The standard InChI is InChI=1S/C9H14S.C8H10S/c1-4-7(2)9-6-5-8(3)10-9;1-3-4-8-6-5-7(2)9-8/h5-7H,4H2,1-3H3;3-6H,1-2H3/b;4-3+. The average molecular weight is 293 g/mol. The molecule has 2 aromatic rings. The van der Waals surface area contributed by atoms with E-state index in [1.807, 2.05) is 29.6 Å². The lowest BCUT2D eigenvalue weighted by molar-refractivity contribution is 0.748. The van der Waals surface area contributed by atoms with E-state index in [0.717, 1.165) is 5.92 Å². The van der Waals surface area contributed by atoms with E-state index >= 15 is 0 Å². The highest BCUT2D eigenvalue weighted by atomic mass is 32.1. The molecule has 0 radical (unpaired) electrons. The van der Waals surface area contributed by atoms with Crippen molar-refractivity contribution in [1.82, 2.24) is 0 Å². The quantitative estimate of drug-likeness (QED) is 0.593. The molecule has 1 unspecified atom stereocenters. The van der Waals surface area contributed by atoms with Crippen LogP contribution in [0, 0.1) is 13.8 Å². The van der Waals surface area contributed by atoms with E-state index in [2.05, 4.69) is 64.1 Å². The molecule has 0 spiro atoms. The zero-order valence-corrected chi connectivity index (χ0v) is 14.2. The lowest BCUT2D eigenvalue weighted by Crippen LogP contribution is -1.84. The maximum absolute atomic E-state index is 2.28. The average Bonchev–Trinajstić information content (AvgIpc) is 2.99. The Balaban J connectivity index is 0.000000191. The SMILES string of the molecule is C/C=C/c1ccc(C)s1.CCC(C)c1ccc(C)s1. The lowest BCUT2D eigenvalue weighted by atomic mass is 10.1. The van der Waals surface area contributed by atoms with Crippen LogP contribution in [-0.4, -0.2) is 0 Å². The molecule has 0 nitrogen and oxygen atoms in total. The second kappa shape index (κ2) is 8.34. The second-order valence-corrected chi connectivity index (χ2v) is 7.35. The molecule has 0 aliphatic heterocycles. The van der Waals surface area contributed by atoms with Crippen LogP contribution in [0.2, 0.25) is 0 Å². The first-order chi connectivity index (χ1) is 9.06. The van der Waals surface area contributed by atoms with Crippen LogP contribution in [0.4, 0.5) is 0 Å². The summed E-state index contributed by atoms with van der Waals surface area (Å²) in [4.78, 5) is 5.67. The summed E-state index contributed by atoms with van der Waals surface area (Å²) in [6.45, 7) is 10.8. The predicted molar refractivity (Wildman–Crippen MR) is 91.5 cm³/mol. The molecule has 2 heteroatoms. The van der Waals surface area contributed by atoms with Crippen molar-refractivity contribution in [1.29, 1.82) is 0 Å². The summed E-state index contributed by atoms with van der Waals surface area (Å²) in [6.07, 6.45) is 5.43. The summed E-state index contributed by atoms with van der Waals surface area (Å²) in [6, 6.07) is 8.72. The van der Waals surface area contributed by atoms with Crippen LogP contribution in [0.15, 0.2) is 30.3 Å². The molecule has 0 saturated heterocycles. The summed E-state index contributed by atoms with van der Waals surface area (Å²) < 4.78 is 0. The first kappa shape index (κ1) is 16.2. The second-order valence-electron chi connectivity index (χ2n) is 4.71. The van der Waals surface area contributed by atoms with E-state index in [0.29, 0.717) is 0 Å². The Kier molecular flexibility index (Phi) is 7.11. The summed E-state index contributed by atoms with van der Waals surface area (Å²) in [5.41, 5.74) is 0. The molecule has 1 atom stereocenters. The lowest BCUT2D eigenvalue weighted by Gasteiger charge is -2.02. The van der Waals surface area contributed by atoms with Crippen LogP contribution in [0.3, 0.4) is 0 Å². The molecule has 2 rings (SSSR count). The molecule has 0 amide bonds. The minimum atomic E-state index is 0.749.